The first-order valence-corrected chi connectivity index (χ1v) is 3.28. The van der Waals surface area contributed by atoms with Gasteiger partial charge in [0.2, 0.25) is 0 Å². The fourth-order valence-corrected chi connectivity index (χ4v) is 0.649. The van der Waals surface area contributed by atoms with Crippen LogP contribution in [0.1, 0.15) is 6.42 Å². The Labute approximate surface area is 56.5 Å². The molecule has 0 saturated heterocycles. The molecule has 0 aliphatic carbocycles. The number of likely N-dealkylation sites (N-methyl/N-ethyl adjacent to an activating group) is 1. The predicted octanol–water partition coefficient (Wildman–Crippen LogP) is -0.824. The topological polar surface area (TPSA) is 44.3 Å². The maximum absolute atomic E-state index is 9.08. The van der Waals surface area contributed by atoms with E-state index in [-0.39, 0.29) is 6.10 Å². The van der Waals surface area contributed by atoms with Gasteiger partial charge in [-0.2, -0.15) is 0 Å². The molecule has 0 aliphatic rings. The molecule has 9 heavy (non-hydrogen) atoms. The Balaban J connectivity index is 2.95. The Bertz CT molecular complexity index is 59.0. The van der Waals surface area contributed by atoms with Gasteiger partial charge in [0, 0.05) is 6.54 Å². The van der Waals surface area contributed by atoms with Crippen molar-refractivity contribution in [3.63, 3.8) is 0 Å². The molecule has 0 saturated carbocycles. The average molecular weight is 132 g/mol. The molecule has 0 aliphatic heterocycles. The molecule has 0 aromatic heterocycles. The first-order chi connectivity index (χ1) is 4.31. The van der Waals surface area contributed by atoms with Gasteiger partial charge in [0.1, 0.15) is 0 Å². The molecule has 0 heterocycles. The summed E-state index contributed by atoms with van der Waals surface area (Å²) in [5.74, 6) is 0. The summed E-state index contributed by atoms with van der Waals surface area (Å²) in [7, 11) is 3.72. The van der Waals surface area contributed by atoms with Crippen LogP contribution in [0.25, 0.3) is 0 Å². The molecule has 0 amide bonds. The Morgan fingerprint density at radius 1 is 1.33 bits per heavy atom. The van der Waals surface area contributed by atoms with Crippen LogP contribution >= 0.6 is 0 Å². The predicted molar refractivity (Wildman–Crippen MR) is 38.5 cm³/mol. The van der Waals surface area contributed by atoms with Crippen molar-refractivity contribution in [3.8, 4) is 0 Å². The van der Waals surface area contributed by atoms with E-state index in [4.69, 9.17) is 5.11 Å². The Morgan fingerprint density at radius 2 is 2.00 bits per heavy atom. The van der Waals surface area contributed by atoms with Crippen molar-refractivity contribution >= 4 is 0 Å². The van der Waals surface area contributed by atoms with Crippen molar-refractivity contribution in [2.45, 2.75) is 12.5 Å². The van der Waals surface area contributed by atoms with Gasteiger partial charge in [-0.15, -0.1) is 0 Å². The summed E-state index contributed by atoms with van der Waals surface area (Å²) in [5.41, 5.74) is 0. The molecule has 0 rings (SSSR count). The maximum atomic E-state index is 9.08. The summed E-state index contributed by atoms with van der Waals surface area (Å²) in [4.78, 5) is 0. The summed E-state index contributed by atoms with van der Waals surface area (Å²) >= 11 is 0. The summed E-state index contributed by atoms with van der Waals surface area (Å²) < 4.78 is 0. The molecular formula is C6H16N2O. The molecule has 1 atom stereocenters. The summed E-state index contributed by atoms with van der Waals surface area (Å²) in [6.07, 6.45) is 0.611. The van der Waals surface area contributed by atoms with E-state index < -0.39 is 0 Å². The van der Waals surface area contributed by atoms with Crippen LogP contribution in [0.2, 0.25) is 0 Å². The van der Waals surface area contributed by atoms with Gasteiger partial charge in [-0.25, -0.2) is 0 Å². The lowest BCUT2D eigenvalue weighted by atomic mass is 10.2. The summed E-state index contributed by atoms with van der Waals surface area (Å²) in [6.45, 7) is 1.56. The van der Waals surface area contributed by atoms with Crippen molar-refractivity contribution in [2.24, 2.45) is 0 Å². The van der Waals surface area contributed by atoms with E-state index in [1.54, 1.807) is 0 Å². The van der Waals surface area contributed by atoms with Crippen molar-refractivity contribution in [3.05, 3.63) is 0 Å². The summed E-state index contributed by atoms with van der Waals surface area (Å²) in [5, 5.41) is 14.9. The van der Waals surface area contributed by atoms with Crippen LogP contribution in [-0.2, 0) is 0 Å². The lowest BCUT2D eigenvalue weighted by Crippen LogP contribution is -2.26. The van der Waals surface area contributed by atoms with E-state index in [0.29, 0.717) is 6.54 Å². The monoisotopic (exact) mass is 132 g/mol. The van der Waals surface area contributed by atoms with Crippen molar-refractivity contribution in [2.75, 3.05) is 27.2 Å². The SMILES string of the molecule is CNCCC(O)CNC. The number of hydrogen-bond acceptors (Lipinski definition) is 3. The highest BCUT2D eigenvalue weighted by Crippen LogP contribution is 1.85. The van der Waals surface area contributed by atoms with Gasteiger partial charge in [0.25, 0.3) is 0 Å². The van der Waals surface area contributed by atoms with Crippen LogP contribution in [0.15, 0.2) is 0 Å². The molecule has 0 bridgehead atoms. The molecule has 3 nitrogen and oxygen atoms in total. The normalized spacial score (nSPS) is 13.7. The number of rotatable bonds is 5. The zero-order chi connectivity index (χ0) is 7.11. The highest BCUT2D eigenvalue weighted by Gasteiger charge is 1.98. The Morgan fingerprint density at radius 3 is 2.44 bits per heavy atom. The van der Waals surface area contributed by atoms with Gasteiger partial charge >= 0.3 is 0 Å². The molecule has 56 valence electrons. The fraction of sp³-hybridized carbons (Fsp3) is 1.00. The van der Waals surface area contributed by atoms with E-state index in [1.165, 1.54) is 0 Å². The molecule has 3 N–H and O–H groups in total. The lowest BCUT2D eigenvalue weighted by molar-refractivity contribution is 0.164. The highest BCUT2D eigenvalue weighted by molar-refractivity contribution is 4.57. The van der Waals surface area contributed by atoms with Crippen LogP contribution in [-0.4, -0.2) is 38.4 Å². The lowest BCUT2D eigenvalue weighted by Gasteiger charge is -2.07. The van der Waals surface area contributed by atoms with Gasteiger partial charge in [-0.05, 0) is 27.1 Å². The zero-order valence-electron chi connectivity index (χ0n) is 6.15. The van der Waals surface area contributed by atoms with Crippen molar-refractivity contribution in [1.29, 1.82) is 0 Å². The van der Waals surface area contributed by atoms with Gasteiger partial charge in [0.15, 0.2) is 0 Å². The largest absolute Gasteiger partial charge is 0.392 e. The van der Waals surface area contributed by atoms with Crippen molar-refractivity contribution < 1.29 is 5.11 Å². The Kier molecular flexibility index (Phi) is 5.93. The number of hydrogen-bond donors (Lipinski definition) is 3. The smallest absolute Gasteiger partial charge is 0.0676 e. The quantitative estimate of drug-likeness (QED) is 0.458. The van der Waals surface area contributed by atoms with E-state index in [2.05, 4.69) is 10.6 Å². The molecule has 1 unspecified atom stereocenters. The minimum absolute atomic E-state index is 0.206. The van der Waals surface area contributed by atoms with E-state index in [9.17, 15) is 0 Å². The Hall–Kier alpha value is -0.120. The third-order valence-corrected chi connectivity index (χ3v) is 1.17. The van der Waals surface area contributed by atoms with Crippen LogP contribution in [0.5, 0.6) is 0 Å². The number of nitrogens with one attached hydrogen (secondary N) is 2. The second-order valence-corrected chi connectivity index (χ2v) is 2.10. The molecule has 0 fully saturated rings. The third-order valence-electron chi connectivity index (χ3n) is 1.17. The third kappa shape index (κ3) is 5.76. The molecular weight excluding hydrogens is 116 g/mol. The minimum atomic E-state index is -0.206. The minimum Gasteiger partial charge on any atom is -0.392 e. The van der Waals surface area contributed by atoms with Crippen molar-refractivity contribution in [1.82, 2.24) is 10.6 Å². The van der Waals surface area contributed by atoms with E-state index in [0.717, 1.165) is 13.0 Å². The van der Waals surface area contributed by atoms with Crippen LogP contribution in [0.3, 0.4) is 0 Å². The molecule has 3 heteroatoms. The van der Waals surface area contributed by atoms with Gasteiger partial charge in [-0.1, -0.05) is 0 Å². The second kappa shape index (κ2) is 6.01. The molecule has 0 spiro atoms. The molecule has 0 aromatic carbocycles. The molecule has 0 aromatic rings. The second-order valence-electron chi connectivity index (χ2n) is 2.10. The van der Waals surface area contributed by atoms with E-state index >= 15 is 0 Å². The fourth-order valence-electron chi connectivity index (χ4n) is 0.649. The number of aliphatic hydroxyl groups is 1. The van der Waals surface area contributed by atoms with Crippen LogP contribution < -0.4 is 10.6 Å². The van der Waals surface area contributed by atoms with Gasteiger partial charge in [-0.3, -0.25) is 0 Å². The van der Waals surface area contributed by atoms with Crippen LogP contribution in [0.4, 0.5) is 0 Å². The molecule has 0 radical (unpaired) electrons. The van der Waals surface area contributed by atoms with Gasteiger partial charge in [0.05, 0.1) is 6.10 Å². The zero-order valence-corrected chi connectivity index (χ0v) is 6.15. The first kappa shape index (κ1) is 8.88. The average Bonchev–Trinajstić information content (AvgIpc) is 1.85. The summed E-state index contributed by atoms with van der Waals surface area (Å²) in [6, 6.07) is 0. The number of aliphatic hydroxyl groups excluding tert-OH is 1. The van der Waals surface area contributed by atoms with Crippen LogP contribution in [0, 0.1) is 0 Å². The van der Waals surface area contributed by atoms with Gasteiger partial charge < -0.3 is 15.7 Å². The first-order valence-electron chi connectivity index (χ1n) is 3.28. The maximum Gasteiger partial charge on any atom is 0.0676 e. The standard InChI is InChI=1S/C6H16N2O/c1-7-4-3-6(9)5-8-2/h6-9H,3-5H2,1-2H3. The van der Waals surface area contributed by atoms with E-state index in [1.807, 2.05) is 14.1 Å². The highest BCUT2D eigenvalue weighted by atomic mass is 16.3.